The predicted molar refractivity (Wildman–Crippen MR) is 46.7 cm³/mol. The predicted octanol–water partition coefficient (Wildman–Crippen LogP) is 1.55. The summed E-state index contributed by atoms with van der Waals surface area (Å²) >= 11 is 0. The van der Waals surface area contributed by atoms with Crippen molar-refractivity contribution in [3.05, 3.63) is 0 Å². The molecule has 1 saturated carbocycles. The molecule has 1 N–H and O–H groups in total. The van der Waals surface area contributed by atoms with Crippen molar-refractivity contribution in [3.63, 3.8) is 0 Å². The summed E-state index contributed by atoms with van der Waals surface area (Å²) in [6.07, 6.45) is 5.42. The molecule has 0 unspecified atom stereocenters. The van der Waals surface area contributed by atoms with E-state index in [1.54, 1.807) is 0 Å². The molecule has 0 heterocycles. The third kappa shape index (κ3) is 2.80. The standard InChI is InChI=1S/C9H19NO/c1-3-4-5-11-9-6-8(7-9)10-2/h8-10H,3-7H2,1-2H3. The van der Waals surface area contributed by atoms with Crippen molar-refractivity contribution in [2.24, 2.45) is 0 Å². The Labute approximate surface area is 69.3 Å². The van der Waals surface area contributed by atoms with E-state index in [2.05, 4.69) is 12.2 Å². The van der Waals surface area contributed by atoms with Crippen LogP contribution in [-0.2, 0) is 4.74 Å². The molecule has 0 amide bonds. The molecule has 0 saturated heterocycles. The van der Waals surface area contributed by atoms with E-state index in [0.717, 1.165) is 12.6 Å². The molecule has 2 nitrogen and oxygen atoms in total. The zero-order valence-electron chi connectivity index (χ0n) is 7.60. The van der Waals surface area contributed by atoms with Gasteiger partial charge in [-0.2, -0.15) is 0 Å². The molecule has 2 heteroatoms. The fourth-order valence-corrected chi connectivity index (χ4v) is 1.33. The molecular formula is C9H19NO. The first-order chi connectivity index (χ1) is 5.36. The van der Waals surface area contributed by atoms with Crippen molar-refractivity contribution in [1.82, 2.24) is 5.32 Å². The van der Waals surface area contributed by atoms with E-state index < -0.39 is 0 Å². The van der Waals surface area contributed by atoms with Gasteiger partial charge in [0.25, 0.3) is 0 Å². The van der Waals surface area contributed by atoms with Gasteiger partial charge in [0.2, 0.25) is 0 Å². The molecule has 0 spiro atoms. The summed E-state index contributed by atoms with van der Waals surface area (Å²) in [5, 5.41) is 3.24. The normalized spacial score (nSPS) is 30.0. The summed E-state index contributed by atoms with van der Waals surface area (Å²) in [4.78, 5) is 0. The van der Waals surface area contributed by atoms with Crippen LogP contribution in [0, 0.1) is 0 Å². The SMILES string of the molecule is CCCCOC1CC(NC)C1. The van der Waals surface area contributed by atoms with Gasteiger partial charge >= 0.3 is 0 Å². The van der Waals surface area contributed by atoms with E-state index in [0.29, 0.717) is 6.10 Å². The van der Waals surface area contributed by atoms with Crippen molar-refractivity contribution in [2.45, 2.75) is 44.8 Å². The molecule has 0 atom stereocenters. The molecule has 1 aliphatic rings. The van der Waals surface area contributed by atoms with Crippen LogP contribution >= 0.6 is 0 Å². The van der Waals surface area contributed by atoms with Crippen LogP contribution in [0.4, 0.5) is 0 Å². The first-order valence-corrected chi connectivity index (χ1v) is 4.65. The van der Waals surface area contributed by atoms with Crippen molar-refractivity contribution in [2.75, 3.05) is 13.7 Å². The second-order valence-electron chi connectivity index (χ2n) is 3.30. The Bertz CT molecular complexity index is 99.7. The molecule has 0 aromatic rings. The van der Waals surface area contributed by atoms with E-state index in [1.807, 2.05) is 7.05 Å². The molecule has 0 aliphatic heterocycles. The van der Waals surface area contributed by atoms with Gasteiger partial charge in [0, 0.05) is 12.6 Å². The fraction of sp³-hybridized carbons (Fsp3) is 1.00. The van der Waals surface area contributed by atoms with E-state index in [4.69, 9.17) is 4.74 Å². The quantitative estimate of drug-likeness (QED) is 0.611. The second-order valence-corrected chi connectivity index (χ2v) is 3.30. The Balaban J connectivity index is 1.88. The molecule has 1 aliphatic carbocycles. The van der Waals surface area contributed by atoms with Gasteiger partial charge in [-0.15, -0.1) is 0 Å². The van der Waals surface area contributed by atoms with Crippen LogP contribution in [0.25, 0.3) is 0 Å². The van der Waals surface area contributed by atoms with Crippen molar-refractivity contribution < 1.29 is 4.74 Å². The number of nitrogens with one attached hydrogen (secondary N) is 1. The Morgan fingerprint density at radius 2 is 2.18 bits per heavy atom. The van der Waals surface area contributed by atoms with Crippen LogP contribution in [0.3, 0.4) is 0 Å². The third-order valence-corrected chi connectivity index (χ3v) is 2.35. The number of rotatable bonds is 5. The number of hydrogen-bond acceptors (Lipinski definition) is 2. The van der Waals surface area contributed by atoms with Crippen LogP contribution in [0.15, 0.2) is 0 Å². The summed E-state index contributed by atoms with van der Waals surface area (Å²) in [5.41, 5.74) is 0. The summed E-state index contributed by atoms with van der Waals surface area (Å²) in [7, 11) is 2.02. The topological polar surface area (TPSA) is 21.3 Å². The van der Waals surface area contributed by atoms with Gasteiger partial charge in [-0.1, -0.05) is 13.3 Å². The van der Waals surface area contributed by atoms with E-state index in [9.17, 15) is 0 Å². The van der Waals surface area contributed by atoms with Gasteiger partial charge in [-0.25, -0.2) is 0 Å². The Morgan fingerprint density at radius 1 is 1.45 bits per heavy atom. The monoisotopic (exact) mass is 157 g/mol. The molecular weight excluding hydrogens is 138 g/mol. The average molecular weight is 157 g/mol. The maximum absolute atomic E-state index is 5.61. The second kappa shape index (κ2) is 4.73. The third-order valence-electron chi connectivity index (χ3n) is 2.35. The Hall–Kier alpha value is -0.0800. The molecule has 0 bridgehead atoms. The molecule has 1 rings (SSSR count). The zero-order chi connectivity index (χ0) is 8.10. The first-order valence-electron chi connectivity index (χ1n) is 4.65. The van der Waals surface area contributed by atoms with Crippen LogP contribution in [0.5, 0.6) is 0 Å². The molecule has 11 heavy (non-hydrogen) atoms. The van der Waals surface area contributed by atoms with Gasteiger partial charge in [0.15, 0.2) is 0 Å². The lowest BCUT2D eigenvalue weighted by Gasteiger charge is -2.34. The average Bonchev–Trinajstić information content (AvgIpc) is 1.94. The highest BCUT2D eigenvalue weighted by atomic mass is 16.5. The largest absolute Gasteiger partial charge is 0.378 e. The fourth-order valence-electron chi connectivity index (χ4n) is 1.33. The van der Waals surface area contributed by atoms with Crippen LogP contribution in [0.1, 0.15) is 32.6 Å². The Kier molecular flexibility index (Phi) is 3.87. The highest BCUT2D eigenvalue weighted by Crippen LogP contribution is 2.22. The molecule has 1 fully saturated rings. The van der Waals surface area contributed by atoms with Gasteiger partial charge in [-0.3, -0.25) is 0 Å². The minimum Gasteiger partial charge on any atom is -0.378 e. The van der Waals surface area contributed by atoms with Gasteiger partial charge in [0.1, 0.15) is 0 Å². The minimum absolute atomic E-state index is 0.555. The number of ether oxygens (including phenoxy) is 1. The summed E-state index contributed by atoms with van der Waals surface area (Å²) in [5.74, 6) is 0. The lowest BCUT2D eigenvalue weighted by molar-refractivity contribution is -0.0158. The van der Waals surface area contributed by atoms with Crippen LogP contribution < -0.4 is 5.32 Å². The minimum atomic E-state index is 0.555. The highest BCUT2D eigenvalue weighted by Gasteiger charge is 2.27. The molecule has 0 radical (unpaired) electrons. The first kappa shape index (κ1) is 9.01. The van der Waals surface area contributed by atoms with Crippen molar-refractivity contribution in [3.8, 4) is 0 Å². The van der Waals surface area contributed by atoms with Crippen LogP contribution in [-0.4, -0.2) is 25.8 Å². The maximum atomic E-state index is 5.61. The number of hydrogen-bond donors (Lipinski definition) is 1. The smallest absolute Gasteiger partial charge is 0.0604 e. The highest BCUT2D eigenvalue weighted by molar-refractivity contribution is 4.84. The van der Waals surface area contributed by atoms with Gasteiger partial charge < -0.3 is 10.1 Å². The molecule has 0 aromatic carbocycles. The summed E-state index contributed by atoms with van der Waals surface area (Å²) in [6.45, 7) is 3.15. The van der Waals surface area contributed by atoms with Gasteiger partial charge in [-0.05, 0) is 26.3 Å². The van der Waals surface area contributed by atoms with Crippen molar-refractivity contribution >= 4 is 0 Å². The molecule has 66 valence electrons. The zero-order valence-corrected chi connectivity index (χ0v) is 7.60. The lowest BCUT2D eigenvalue weighted by Crippen LogP contribution is -2.43. The maximum Gasteiger partial charge on any atom is 0.0604 e. The summed E-state index contributed by atoms with van der Waals surface area (Å²) in [6, 6.07) is 0.724. The Morgan fingerprint density at radius 3 is 2.73 bits per heavy atom. The number of unbranched alkanes of at least 4 members (excludes halogenated alkanes) is 1. The molecule has 0 aromatic heterocycles. The van der Waals surface area contributed by atoms with Crippen LogP contribution in [0.2, 0.25) is 0 Å². The lowest BCUT2D eigenvalue weighted by atomic mass is 9.89. The van der Waals surface area contributed by atoms with Crippen molar-refractivity contribution in [1.29, 1.82) is 0 Å². The van der Waals surface area contributed by atoms with E-state index in [-0.39, 0.29) is 0 Å². The van der Waals surface area contributed by atoms with Gasteiger partial charge in [0.05, 0.1) is 6.10 Å². The summed E-state index contributed by atoms with van der Waals surface area (Å²) < 4.78 is 5.61. The van der Waals surface area contributed by atoms with E-state index in [1.165, 1.54) is 25.7 Å². The van der Waals surface area contributed by atoms with E-state index >= 15 is 0 Å².